The highest BCUT2D eigenvalue weighted by Gasteiger charge is 2.27. The van der Waals surface area contributed by atoms with E-state index in [1.807, 2.05) is 44.2 Å². The average Bonchev–Trinajstić information content (AvgIpc) is 2.52. The molecular weight excluding hydrogens is 276 g/mol. The second kappa shape index (κ2) is 9.23. The minimum atomic E-state index is -0.411. The zero-order valence-electron chi connectivity index (χ0n) is 14.1. The summed E-state index contributed by atoms with van der Waals surface area (Å²) in [6.07, 6.45) is 1.02. The molecule has 0 spiro atoms. The molecule has 0 unspecified atom stereocenters. The Kier molecular flexibility index (Phi) is 7.64. The fourth-order valence-corrected chi connectivity index (χ4v) is 2.33. The molecule has 122 valence electrons. The summed E-state index contributed by atoms with van der Waals surface area (Å²) in [7, 11) is 0. The lowest BCUT2D eigenvalue weighted by Gasteiger charge is -2.30. The molecule has 0 saturated carbocycles. The molecule has 1 aromatic carbocycles. The lowest BCUT2D eigenvalue weighted by Crippen LogP contribution is -2.49. The minimum Gasteiger partial charge on any atom is -0.354 e. The molecule has 0 radical (unpaired) electrons. The quantitative estimate of drug-likeness (QED) is 0.802. The molecular formula is C18H28N2O2. The average molecular weight is 304 g/mol. The van der Waals surface area contributed by atoms with Gasteiger partial charge in [-0.15, -0.1) is 0 Å². The van der Waals surface area contributed by atoms with Gasteiger partial charge in [-0.25, -0.2) is 0 Å². The number of benzene rings is 1. The van der Waals surface area contributed by atoms with Crippen molar-refractivity contribution in [3.05, 3.63) is 35.9 Å². The summed E-state index contributed by atoms with van der Waals surface area (Å²) in [5.74, 6) is 0.343. The van der Waals surface area contributed by atoms with Crippen LogP contribution in [0.1, 0.15) is 46.1 Å². The monoisotopic (exact) mass is 304 g/mol. The normalized spacial score (nSPS) is 12.0. The predicted octanol–water partition coefficient (Wildman–Crippen LogP) is 2.98. The van der Waals surface area contributed by atoms with Crippen molar-refractivity contribution in [2.75, 3.05) is 6.54 Å². The van der Waals surface area contributed by atoms with Crippen LogP contribution in [0, 0.1) is 5.92 Å². The standard InChI is InChI=1S/C18H28N2O2/c1-5-16(18(22)19-12-14(3)4)20(17(21)6-2)13-15-10-8-7-9-11-15/h7-11,14,16H,5-6,12-13H2,1-4H3,(H,19,22)/t16-/m1/s1. The smallest absolute Gasteiger partial charge is 0.242 e. The summed E-state index contributed by atoms with van der Waals surface area (Å²) in [4.78, 5) is 26.4. The van der Waals surface area contributed by atoms with Crippen molar-refractivity contribution >= 4 is 11.8 Å². The van der Waals surface area contributed by atoms with Gasteiger partial charge in [-0.3, -0.25) is 9.59 Å². The Bertz CT molecular complexity index is 471. The Morgan fingerprint density at radius 3 is 2.27 bits per heavy atom. The maximum Gasteiger partial charge on any atom is 0.242 e. The summed E-state index contributed by atoms with van der Waals surface area (Å²) in [5.41, 5.74) is 1.04. The first-order chi connectivity index (χ1) is 10.5. The van der Waals surface area contributed by atoms with Crippen molar-refractivity contribution in [3.8, 4) is 0 Å². The number of carbonyl (C=O) groups is 2. The molecule has 0 fully saturated rings. The van der Waals surface area contributed by atoms with Crippen LogP contribution in [0.5, 0.6) is 0 Å². The summed E-state index contributed by atoms with van der Waals surface area (Å²) >= 11 is 0. The van der Waals surface area contributed by atoms with Gasteiger partial charge in [-0.2, -0.15) is 0 Å². The highest BCUT2D eigenvalue weighted by atomic mass is 16.2. The van der Waals surface area contributed by atoms with Crippen LogP contribution in [-0.4, -0.2) is 29.3 Å². The van der Waals surface area contributed by atoms with Crippen LogP contribution < -0.4 is 5.32 Å². The van der Waals surface area contributed by atoms with Gasteiger partial charge in [-0.05, 0) is 17.9 Å². The highest BCUT2D eigenvalue weighted by Crippen LogP contribution is 2.13. The molecule has 4 nitrogen and oxygen atoms in total. The molecule has 4 heteroatoms. The Hall–Kier alpha value is -1.84. The molecule has 0 bridgehead atoms. The highest BCUT2D eigenvalue weighted by molar-refractivity contribution is 5.87. The van der Waals surface area contributed by atoms with Gasteiger partial charge in [0.05, 0.1) is 0 Å². The van der Waals surface area contributed by atoms with E-state index in [0.29, 0.717) is 31.8 Å². The number of nitrogens with zero attached hydrogens (tertiary/aromatic N) is 1. The first-order valence-electron chi connectivity index (χ1n) is 8.10. The second-order valence-electron chi connectivity index (χ2n) is 5.92. The maximum absolute atomic E-state index is 12.4. The van der Waals surface area contributed by atoms with Crippen molar-refractivity contribution in [1.82, 2.24) is 10.2 Å². The Labute approximate surface area is 133 Å². The number of nitrogens with one attached hydrogen (secondary N) is 1. The third kappa shape index (κ3) is 5.51. The van der Waals surface area contributed by atoms with E-state index in [2.05, 4.69) is 19.2 Å². The molecule has 1 N–H and O–H groups in total. The number of carbonyl (C=O) groups excluding carboxylic acids is 2. The number of amides is 2. The zero-order valence-corrected chi connectivity index (χ0v) is 14.1. The molecule has 0 aromatic heterocycles. The molecule has 1 rings (SSSR count). The first kappa shape index (κ1) is 18.2. The lowest BCUT2D eigenvalue weighted by molar-refractivity contribution is -0.141. The van der Waals surface area contributed by atoms with E-state index in [4.69, 9.17) is 0 Å². The predicted molar refractivity (Wildman–Crippen MR) is 89.2 cm³/mol. The Morgan fingerprint density at radius 2 is 1.77 bits per heavy atom. The molecule has 1 aromatic rings. The molecule has 0 saturated heterocycles. The third-order valence-corrected chi connectivity index (χ3v) is 3.57. The number of hydrogen-bond donors (Lipinski definition) is 1. The largest absolute Gasteiger partial charge is 0.354 e. The van der Waals surface area contributed by atoms with Gasteiger partial charge >= 0.3 is 0 Å². The lowest BCUT2D eigenvalue weighted by atomic mass is 10.1. The van der Waals surface area contributed by atoms with E-state index >= 15 is 0 Å². The van der Waals surface area contributed by atoms with Crippen LogP contribution in [0.15, 0.2) is 30.3 Å². The van der Waals surface area contributed by atoms with Crippen molar-refractivity contribution in [2.24, 2.45) is 5.92 Å². The van der Waals surface area contributed by atoms with E-state index in [1.54, 1.807) is 4.90 Å². The summed E-state index contributed by atoms with van der Waals surface area (Å²) in [6, 6.07) is 9.39. The van der Waals surface area contributed by atoms with Gasteiger partial charge in [0.2, 0.25) is 11.8 Å². The third-order valence-electron chi connectivity index (χ3n) is 3.57. The van der Waals surface area contributed by atoms with Gasteiger partial charge in [-0.1, -0.05) is 58.0 Å². The number of rotatable bonds is 8. The van der Waals surface area contributed by atoms with E-state index < -0.39 is 6.04 Å². The molecule has 0 aliphatic heterocycles. The van der Waals surface area contributed by atoms with E-state index in [1.165, 1.54) is 0 Å². The van der Waals surface area contributed by atoms with Gasteiger partial charge < -0.3 is 10.2 Å². The second-order valence-corrected chi connectivity index (χ2v) is 5.92. The van der Waals surface area contributed by atoms with E-state index in [9.17, 15) is 9.59 Å². The molecule has 0 aliphatic rings. The van der Waals surface area contributed by atoms with Gasteiger partial charge in [0.25, 0.3) is 0 Å². The molecule has 0 heterocycles. The molecule has 2 amide bonds. The van der Waals surface area contributed by atoms with Gasteiger partial charge in [0.1, 0.15) is 6.04 Å². The number of hydrogen-bond acceptors (Lipinski definition) is 2. The first-order valence-corrected chi connectivity index (χ1v) is 8.10. The van der Waals surface area contributed by atoms with Crippen LogP contribution in [-0.2, 0) is 16.1 Å². The zero-order chi connectivity index (χ0) is 16.5. The molecule has 22 heavy (non-hydrogen) atoms. The maximum atomic E-state index is 12.4. The van der Waals surface area contributed by atoms with Crippen LogP contribution in [0.2, 0.25) is 0 Å². The Balaban J connectivity index is 2.87. The van der Waals surface area contributed by atoms with E-state index in [0.717, 1.165) is 5.56 Å². The summed E-state index contributed by atoms with van der Waals surface area (Å²) in [6.45, 7) is 9.00. The SMILES string of the molecule is CCC(=O)N(Cc1ccccc1)[C@H](CC)C(=O)NCC(C)C. The van der Waals surface area contributed by atoms with Crippen molar-refractivity contribution in [3.63, 3.8) is 0 Å². The topological polar surface area (TPSA) is 49.4 Å². The van der Waals surface area contributed by atoms with Crippen LogP contribution in [0.4, 0.5) is 0 Å². The van der Waals surface area contributed by atoms with Crippen molar-refractivity contribution in [2.45, 2.75) is 53.1 Å². The van der Waals surface area contributed by atoms with Crippen LogP contribution in [0.25, 0.3) is 0 Å². The van der Waals surface area contributed by atoms with Gasteiger partial charge in [0, 0.05) is 19.5 Å². The van der Waals surface area contributed by atoms with Gasteiger partial charge in [0.15, 0.2) is 0 Å². The van der Waals surface area contributed by atoms with Crippen molar-refractivity contribution < 1.29 is 9.59 Å². The fraction of sp³-hybridized carbons (Fsp3) is 0.556. The fourth-order valence-electron chi connectivity index (χ4n) is 2.33. The van der Waals surface area contributed by atoms with Crippen LogP contribution >= 0.6 is 0 Å². The molecule has 0 aliphatic carbocycles. The molecule has 1 atom stereocenters. The Morgan fingerprint density at radius 1 is 1.14 bits per heavy atom. The van der Waals surface area contributed by atoms with E-state index in [-0.39, 0.29) is 11.8 Å². The van der Waals surface area contributed by atoms with Crippen molar-refractivity contribution in [1.29, 1.82) is 0 Å². The summed E-state index contributed by atoms with van der Waals surface area (Å²) < 4.78 is 0. The summed E-state index contributed by atoms with van der Waals surface area (Å²) in [5, 5.41) is 2.95. The van der Waals surface area contributed by atoms with Crippen LogP contribution in [0.3, 0.4) is 0 Å². The minimum absolute atomic E-state index is 0.00963.